The van der Waals surface area contributed by atoms with Crippen LogP contribution >= 0.6 is 19.6 Å². The molecular formula is C14H25O5PS. The average Bonchev–Trinajstić information content (AvgIpc) is 2.41. The molecule has 2 atom stereocenters. The van der Waals surface area contributed by atoms with E-state index in [9.17, 15) is 9.36 Å². The maximum Gasteiger partial charge on any atom is 0.529 e. The van der Waals surface area contributed by atoms with Gasteiger partial charge in [0.05, 0.1) is 18.5 Å². The predicted molar refractivity (Wildman–Crippen MR) is 85.4 cm³/mol. The van der Waals surface area contributed by atoms with Gasteiger partial charge in [0.1, 0.15) is 11.5 Å². The molecule has 0 spiro atoms. The molecule has 1 rings (SSSR count). The van der Waals surface area contributed by atoms with Crippen molar-refractivity contribution in [2.75, 3.05) is 19.0 Å². The quantitative estimate of drug-likeness (QED) is 0.588. The third-order valence-corrected chi connectivity index (χ3v) is 5.97. The summed E-state index contributed by atoms with van der Waals surface area (Å²) in [5.74, 6) is 1.44. The highest BCUT2D eigenvalue weighted by atomic mass is 32.2. The van der Waals surface area contributed by atoms with Crippen molar-refractivity contribution in [3.8, 4) is 0 Å². The summed E-state index contributed by atoms with van der Waals surface area (Å²) in [6.45, 7) is 7.58. The van der Waals surface area contributed by atoms with Gasteiger partial charge in [0.25, 0.3) is 0 Å². The van der Waals surface area contributed by atoms with E-state index in [1.165, 1.54) is 0 Å². The number of phosphoric acid groups is 1. The Labute approximate surface area is 131 Å². The van der Waals surface area contributed by atoms with Crippen LogP contribution in [0.5, 0.6) is 0 Å². The minimum absolute atomic E-state index is 0.105. The Bertz CT molecular complexity index is 414. The largest absolute Gasteiger partial charge is 0.529 e. The molecule has 0 fully saturated rings. The molecular weight excluding hydrogens is 311 g/mol. The molecule has 0 amide bonds. The Hall–Kier alpha value is -0.290. The van der Waals surface area contributed by atoms with Gasteiger partial charge < -0.3 is 4.52 Å². The first-order chi connectivity index (χ1) is 9.97. The van der Waals surface area contributed by atoms with E-state index >= 15 is 0 Å². The van der Waals surface area contributed by atoms with E-state index in [0.29, 0.717) is 5.76 Å². The second-order valence-corrected chi connectivity index (χ2v) is 7.66. The van der Waals surface area contributed by atoms with Crippen LogP contribution in [-0.2, 0) is 22.9 Å². The van der Waals surface area contributed by atoms with E-state index < -0.39 is 7.82 Å². The Morgan fingerprint density at radius 2 is 1.95 bits per heavy atom. The van der Waals surface area contributed by atoms with Crippen LogP contribution < -0.4 is 0 Å². The molecule has 0 aliphatic heterocycles. The number of rotatable bonds is 9. The average molecular weight is 336 g/mol. The molecule has 0 bridgehead atoms. The Balaban J connectivity index is 2.93. The first-order valence-corrected chi connectivity index (χ1v) is 9.89. The maximum atomic E-state index is 12.5. The van der Waals surface area contributed by atoms with Crippen molar-refractivity contribution in [2.45, 2.75) is 45.8 Å². The van der Waals surface area contributed by atoms with E-state index in [4.69, 9.17) is 13.6 Å². The number of hydrogen-bond acceptors (Lipinski definition) is 6. The number of hydrogen-bond donors (Lipinski definition) is 0. The van der Waals surface area contributed by atoms with Crippen LogP contribution in [0.1, 0.15) is 40.5 Å². The molecule has 0 saturated carbocycles. The van der Waals surface area contributed by atoms with Crippen LogP contribution in [-0.4, -0.2) is 30.0 Å². The number of phosphoric ester groups is 1. The minimum Gasteiger partial charge on any atom is -0.408 e. The summed E-state index contributed by atoms with van der Waals surface area (Å²) in [7, 11) is -3.60. The first kappa shape index (κ1) is 18.8. The molecule has 0 saturated heterocycles. The molecule has 1 aliphatic carbocycles. The Morgan fingerprint density at radius 1 is 1.33 bits per heavy atom. The number of Topliss-reactive ketones (excluding diaryl/α,β-unsaturated/α-hetero) is 1. The van der Waals surface area contributed by atoms with E-state index in [1.807, 2.05) is 13.0 Å². The number of carbonyl (C=O) groups is 1. The summed E-state index contributed by atoms with van der Waals surface area (Å²) in [6.07, 6.45) is 3.43. The fourth-order valence-corrected chi connectivity index (χ4v) is 4.85. The summed E-state index contributed by atoms with van der Waals surface area (Å²) in [6, 6.07) is 0. The van der Waals surface area contributed by atoms with Gasteiger partial charge in [-0.15, -0.1) is 0 Å². The fourth-order valence-electron chi connectivity index (χ4n) is 2.29. The number of thioether (sulfide) groups is 1. The molecule has 1 aliphatic rings. The molecule has 122 valence electrons. The monoisotopic (exact) mass is 336 g/mol. The normalized spacial score (nSPS) is 22.8. The number of carbonyl (C=O) groups excluding carboxylic acids is 1. The van der Waals surface area contributed by atoms with E-state index in [-0.39, 0.29) is 30.2 Å². The molecule has 0 aromatic rings. The molecule has 0 radical (unpaired) electrons. The Kier molecular flexibility index (Phi) is 8.03. The standard InChI is InChI=1S/C14H25O5PS/c1-5-17-20(16,18-6-2)19-13-10-8-9-12(11(4)15)14(13)21-7-3/h10,12,14H,5-9H2,1-4H3/t12-,14+/m1/s1. The van der Waals surface area contributed by atoms with E-state index in [1.54, 1.807) is 32.5 Å². The lowest BCUT2D eigenvalue weighted by atomic mass is 9.89. The zero-order chi connectivity index (χ0) is 15.9. The third kappa shape index (κ3) is 5.44. The molecule has 0 aromatic heterocycles. The van der Waals surface area contributed by atoms with Crippen molar-refractivity contribution >= 4 is 25.4 Å². The van der Waals surface area contributed by atoms with Gasteiger partial charge in [-0.2, -0.15) is 11.8 Å². The lowest BCUT2D eigenvalue weighted by Crippen LogP contribution is -2.30. The molecule has 0 unspecified atom stereocenters. The van der Waals surface area contributed by atoms with Crippen LogP contribution in [0.3, 0.4) is 0 Å². The minimum atomic E-state index is -3.60. The van der Waals surface area contributed by atoms with Crippen LogP contribution in [0.25, 0.3) is 0 Å². The zero-order valence-electron chi connectivity index (χ0n) is 13.2. The van der Waals surface area contributed by atoms with Gasteiger partial charge in [-0.25, -0.2) is 4.57 Å². The van der Waals surface area contributed by atoms with Crippen LogP contribution in [0.15, 0.2) is 11.8 Å². The smallest absolute Gasteiger partial charge is 0.408 e. The first-order valence-electron chi connectivity index (χ1n) is 7.38. The summed E-state index contributed by atoms with van der Waals surface area (Å²) in [5.41, 5.74) is 0. The van der Waals surface area contributed by atoms with Gasteiger partial charge in [-0.3, -0.25) is 13.8 Å². The van der Waals surface area contributed by atoms with Gasteiger partial charge in [0.15, 0.2) is 0 Å². The van der Waals surface area contributed by atoms with Gasteiger partial charge in [-0.05, 0) is 45.4 Å². The highest BCUT2D eigenvalue weighted by Gasteiger charge is 2.37. The zero-order valence-corrected chi connectivity index (χ0v) is 14.9. The van der Waals surface area contributed by atoms with Crippen molar-refractivity contribution in [3.63, 3.8) is 0 Å². The van der Waals surface area contributed by atoms with Gasteiger partial charge in [0, 0.05) is 5.92 Å². The van der Waals surface area contributed by atoms with Crippen LogP contribution in [0.2, 0.25) is 0 Å². The third-order valence-electron chi connectivity index (χ3n) is 3.13. The van der Waals surface area contributed by atoms with Crippen molar-refractivity contribution < 1.29 is 22.9 Å². The SMILES string of the molecule is CCOP(=O)(OCC)OC1=CCC[C@H](C(C)=O)[C@@H]1SCC. The summed E-state index contributed by atoms with van der Waals surface area (Å²) in [5, 5.41) is -0.115. The van der Waals surface area contributed by atoms with Crippen molar-refractivity contribution in [1.82, 2.24) is 0 Å². The van der Waals surface area contributed by atoms with Crippen molar-refractivity contribution in [3.05, 3.63) is 11.8 Å². The van der Waals surface area contributed by atoms with Crippen LogP contribution in [0, 0.1) is 5.92 Å². The highest BCUT2D eigenvalue weighted by Crippen LogP contribution is 2.53. The number of ketones is 1. The second-order valence-electron chi connectivity index (χ2n) is 4.65. The molecule has 0 heterocycles. The lowest BCUT2D eigenvalue weighted by Gasteiger charge is -2.31. The topological polar surface area (TPSA) is 61.8 Å². The molecule has 7 heteroatoms. The van der Waals surface area contributed by atoms with E-state index in [2.05, 4.69) is 0 Å². The summed E-state index contributed by atoms with van der Waals surface area (Å²) >= 11 is 1.63. The van der Waals surface area contributed by atoms with E-state index in [0.717, 1.165) is 18.6 Å². The molecule has 21 heavy (non-hydrogen) atoms. The molecule has 5 nitrogen and oxygen atoms in total. The van der Waals surface area contributed by atoms with Gasteiger partial charge in [0.2, 0.25) is 0 Å². The molecule has 0 aromatic carbocycles. The summed E-state index contributed by atoms with van der Waals surface area (Å²) in [4.78, 5) is 11.8. The number of allylic oxidation sites excluding steroid dienone is 1. The van der Waals surface area contributed by atoms with Crippen LogP contribution in [0.4, 0.5) is 0 Å². The lowest BCUT2D eigenvalue weighted by molar-refractivity contribution is -0.121. The fraction of sp³-hybridized carbons (Fsp3) is 0.786. The maximum absolute atomic E-state index is 12.5. The predicted octanol–water partition coefficient (Wildman–Crippen LogP) is 4.19. The highest BCUT2D eigenvalue weighted by molar-refractivity contribution is 8.00. The Morgan fingerprint density at radius 3 is 2.43 bits per heavy atom. The van der Waals surface area contributed by atoms with Gasteiger partial charge >= 0.3 is 7.82 Å². The summed E-state index contributed by atoms with van der Waals surface area (Å²) < 4.78 is 28.5. The van der Waals surface area contributed by atoms with Gasteiger partial charge in [-0.1, -0.05) is 6.92 Å². The van der Waals surface area contributed by atoms with Crippen molar-refractivity contribution in [2.24, 2.45) is 5.92 Å². The van der Waals surface area contributed by atoms with Crippen molar-refractivity contribution in [1.29, 1.82) is 0 Å². The molecule has 0 N–H and O–H groups in total. The second kappa shape index (κ2) is 8.99.